The van der Waals surface area contributed by atoms with Gasteiger partial charge in [-0.25, -0.2) is 0 Å². The number of likely N-dealkylation sites (tertiary alicyclic amines) is 1. The minimum atomic E-state index is 0.511. The summed E-state index contributed by atoms with van der Waals surface area (Å²) in [4.78, 5) is 2.72. The largest absolute Gasteiger partial charge is 0.381 e. The normalized spacial score (nSPS) is 26.2. The molecule has 2 aliphatic heterocycles. The van der Waals surface area contributed by atoms with E-state index in [1.165, 1.54) is 45.3 Å². The number of aryl methyl sites for hydroxylation is 2. The summed E-state index contributed by atoms with van der Waals surface area (Å²) in [5.41, 5.74) is 4.19. The SMILES string of the molecule is Cc1cc(N[C@H]2C[C@@H]3CN(CC4CCOCC4)C[C@@H]3C2)nnc1-c1ccc2nn(C)cc2c1. The van der Waals surface area contributed by atoms with Gasteiger partial charge < -0.3 is 15.0 Å². The van der Waals surface area contributed by atoms with Crippen LogP contribution in [0, 0.1) is 24.7 Å². The highest BCUT2D eigenvalue weighted by Gasteiger charge is 2.41. The van der Waals surface area contributed by atoms with E-state index < -0.39 is 0 Å². The van der Waals surface area contributed by atoms with Gasteiger partial charge in [-0.05, 0) is 74.1 Å². The van der Waals surface area contributed by atoms with Crippen molar-refractivity contribution < 1.29 is 4.74 Å². The highest BCUT2D eigenvalue weighted by molar-refractivity contribution is 5.84. The first-order valence-electron chi connectivity index (χ1n) is 12.5. The van der Waals surface area contributed by atoms with Crippen molar-refractivity contribution in [1.82, 2.24) is 24.9 Å². The number of anilines is 1. The van der Waals surface area contributed by atoms with E-state index in [1.54, 1.807) is 0 Å². The van der Waals surface area contributed by atoms with Crippen LogP contribution in [0.2, 0.25) is 0 Å². The van der Waals surface area contributed by atoms with Gasteiger partial charge in [-0.1, -0.05) is 6.07 Å². The zero-order valence-corrected chi connectivity index (χ0v) is 19.7. The van der Waals surface area contributed by atoms with E-state index in [0.717, 1.165) is 64.5 Å². The summed E-state index contributed by atoms with van der Waals surface area (Å²) in [6, 6.07) is 8.96. The van der Waals surface area contributed by atoms with Crippen molar-refractivity contribution in [2.45, 2.75) is 38.6 Å². The molecule has 0 bridgehead atoms. The fraction of sp³-hybridized carbons (Fsp3) is 0.577. The Balaban J connectivity index is 1.07. The van der Waals surface area contributed by atoms with Crippen LogP contribution in [0.15, 0.2) is 30.5 Å². The van der Waals surface area contributed by atoms with Gasteiger partial charge >= 0.3 is 0 Å². The van der Waals surface area contributed by atoms with E-state index in [4.69, 9.17) is 4.74 Å². The third kappa shape index (κ3) is 4.36. The second-order valence-corrected chi connectivity index (χ2v) is 10.4. The lowest BCUT2D eigenvalue weighted by Gasteiger charge is -2.27. The predicted octanol–water partition coefficient (Wildman–Crippen LogP) is 3.89. The molecule has 3 aliphatic rings. The predicted molar refractivity (Wildman–Crippen MR) is 130 cm³/mol. The molecule has 1 aromatic carbocycles. The summed E-state index contributed by atoms with van der Waals surface area (Å²) in [7, 11) is 1.95. The molecule has 7 heteroatoms. The van der Waals surface area contributed by atoms with Crippen LogP contribution in [0.4, 0.5) is 5.82 Å². The highest BCUT2D eigenvalue weighted by atomic mass is 16.5. The van der Waals surface area contributed by atoms with Crippen molar-refractivity contribution in [3.8, 4) is 11.3 Å². The Kier molecular flexibility index (Phi) is 5.54. The molecule has 4 heterocycles. The van der Waals surface area contributed by atoms with E-state index in [9.17, 15) is 0 Å². The van der Waals surface area contributed by atoms with Gasteiger partial charge in [0.2, 0.25) is 0 Å². The lowest BCUT2D eigenvalue weighted by atomic mass is 10.00. The van der Waals surface area contributed by atoms with E-state index in [-0.39, 0.29) is 0 Å². The number of hydrogen-bond donors (Lipinski definition) is 1. The molecule has 6 rings (SSSR count). The lowest BCUT2D eigenvalue weighted by molar-refractivity contribution is 0.0545. The first kappa shape index (κ1) is 21.1. The Hall–Kier alpha value is -2.51. The molecular weight excluding hydrogens is 412 g/mol. The van der Waals surface area contributed by atoms with Gasteiger partial charge in [0.15, 0.2) is 0 Å². The first-order valence-corrected chi connectivity index (χ1v) is 12.5. The van der Waals surface area contributed by atoms with Crippen molar-refractivity contribution in [1.29, 1.82) is 0 Å². The highest BCUT2D eigenvalue weighted by Crippen LogP contribution is 2.40. The summed E-state index contributed by atoms with van der Waals surface area (Å²) in [5.74, 6) is 3.38. The number of ether oxygens (including phenoxy) is 1. The maximum Gasteiger partial charge on any atom is 0.149 e. The second-order valence-electron chi connectivity index (χ2n) is 10.4. The summed E-state index contributed by atoms with van der Waals surface area (Å²) < 4.78 is 7.38. The van der Waals surface area contributed by atoms with Gasteiger partial charge in [-0.15, -0.1) is 10.2 Å². The smallest absolute Gasteiger partial charge is 0.149 e. The molecule has 2 saturated heterocycles. The van der Waals surface area contributed by atoms with E-state index in [0.29, 0.717) is 6.04 Å². The summed E-state index contributed by atoms with van der Waals surface area (Å²) in [5, 5.41) is 18.4. The topological polar surface area (TPSA) is 68.1 Å². The molecule has 1 aliphatic carbocycles. The average Bonchev–Trinajstić information content (AvgIpc) is 3.46. The molecule has 0 radical (unpaired) electrons. The molecule has 174 valence electrons. The van der Waals surface area contributed by atoms with Crippen molar-refractivity contribution in [2.75, 3.05) is 38.2 Å². The minimum Gasteiger partial charge on any atom is -0.381 e. The number of rotatable bonds is 5. The quantitative estimate of drug-likeness (QED) is 0.641. The zero-order chi connectivity index (χ0) is 22.4. The standard InChI is InChI=1S/C26H34N6O/c1-17-9-25(28-29-26(17)19-3-4-24-22(10-19)14-31(2)30-24)27-23-11-20-15-32(16-21(20)12-23)13-18-5-7-33-8-6-18/h3-4,9-10,14,18,20-21,23H,5-8,11-13,15-16H2,1-2H3,(H,27,28)/t20-,21+,23+. The minimum absolute atomic E-state index is 0.511. The lowest BCUT2D eigenvalue weighted by Crippen LogP contribution is -2.32. The molecule has 1 N–H and O–H groups in total. The van der Waals surface area contributed by atoms with Gasteiger partial charge in [-0.3, -0.25) is 4.68 Å². The molecule has 2 aromatic heterocycles. The zero-order valence-electron chi connectivity index (χ0n) is 19.7. The van der Waals surface area contributed by atoms with Crippen molar-refractivity contribution in [3.63, 3.8) is 0 Å². The Morgan fingerprint density at radius 2 is 1.85 bits per heavy atom. The number of benzene rings is 1. The van der Waals surface area contributed by atoms with Crippen LogP contribution in [-0.2, 0) is 11.8 Å². The van der Waals surface area contributed by atoms with Gasteiger partial charge in [0.25, 0.3) is 0 Å². The van der Waals surface area contributed by atoms with Gasteiger partial charge in [0, 0.05) is 63.1 Å². The number of hydrogen-bond acceptors (Lipinski definition) is 6. The van der Waals surface area contributed by atoms with Crippen LogP contribution in [0.25, 0.3) is 22.2 Å². The third-order valence-corrected chi connectivity index (χ3v) is 7.91. The van der Waals surface area contributed by atoms with Crippen LogP contribution >= 0.6 is 0 Å². The maximum atomic E-state index is 5.53. The van der Waals surface area contributed by atoms with Crippen LogP contribution < -0.4 is 5.32 Å². The maximum absolute atomic E-state index is 5.53. The Morgan fingerprint density at radius 1 is 1.06 bits per heavy atom. The van der Waals surface area contributed by atoms with Crippen molar-refractivity contribution in [3.05, 3.63) is 36.0 Å². The number of aromatic nitrogens is 4. The fourth-order valence-electron chi connectivity index (χ4n) is 6.30. The first-order chi connectivity index (χ1) is 16.1. The number of nitrogens with zero attached hydrogens (tertiary/aromatic N) is 5. The van der Waals surface area contributed by atoms with Crippen molar-refractivity contribution in [2.24, 2.45) is 24.8 Å². The Bertz CT molecular complexity index is 1120. The summed E-state index contributed by atoms with van der Waals surface area (Å²) >= 11 is 0. The molecule has 7 nitrogen and oxygen atoms in total. The third-order valence-electron chi connectivity index (χ3n) is 7.91. The molecule has 0 unspecified atom stereocenters. The Labute approximate surface area is 195 Å². The molecule has 0 amide bonds. The molecule has 0 spiro atoms. The van der Waals surface area contributed by atoms with Crippen LogP contribution in [0.1, 0.15) is 31.2 Å². The second kappa shape index (κ2) is 8.69. The summed E-state index contributed by atoms with van der Waals surface area (Å²) in [6.45, 7) is 7.83. The monoisotopic (exact) mass is 446 g/mol. The Morgan fingerprint density at radius 3 is 2.61 bits per heavy atom. The van der Waals surface area contributed by atoms with E-state index in [2.05, 4.69) is 56.7 Å². The van der Waals surface area contributed by atoms with E-state index in [1.807, 2.05) is 17.9 Å². The van der Waals surface area contributed by atoms with Crippen LogP contribution in [-0.4, -0.2) is 63.8 Å². The molecule has 33 heavy (non-hydrogen) atoms. The molecular formula is C26H34N6O. The van der Waals surface area contributed by atoms with Crippen LogP contribution in [0.5, 0.6) is 0 Å². The molecule has 3 aromatic rings. The van der Waals surface area contributed by atoms with Gasteiger partial charge in [-0.2, -0.15) is 5.10 Å². The summed E-state index contributed by atoms with van der Waals surface area (Å²) in [6.07, 6.45) is 7.00. The van der Waals surface area contributed by atoms with Crippen molar-refractivity contribution >= 4 is 16.7 Å². The fourth-order valence-corrected chi connectivity index (χ4v) is 6.30. The molecule has 1 saturated carbocycles. The number of nitrogens with one attached hydrogen (secondary N) is 1. The van der Waals surface area contributed by atoms with E-state index >= 15 is 0 Å². The average molecular weight is 447 g/mol. The number of fused-ring (bicyclic) bond motifs is 2. The molecule has 3 atom stereocenters. The van der Waals surface area contributed by atoms with Gasteiger partial charge in [0.1, 0.15) is 5.82 Å². The molecule has 3 fully saturated rings. The van der Waals surface area contributed by atoms with Gasteiger partial charge in [0.05, 0.1) is 11.2 Å². The van der Waals surface area contributed by atoms with Crippen LogP contribution in [0.3, 0.4) is 0 Å².